The first-order valence-corrected chi connectivity index (χ1v) is 5.81. The van der Waals surface area contributed by atoms with Gasteiger partial charge < -0.3 is 9.47 Å². The summed E-state index contributed by atoms with van der Waals surface area (Å²) in [6.07, 6.45) is 1.82. The molecule has 0 amide bonds. The Hall–Kier alpha value is -1.03. The zero-order chi connectivity index (χ0) is 13.0. The number of methoxy groups -OCH3 is 1. The van der Waals surface area contributed by atoms with Crippen LogP contribution >= 0.6 is 11.6 Å². The van der Waals surface area contributed by atoms with E-state index in [4.69, 9.17) is 16.3 Å². The van der Waals surface area contributed by atoms with Crippen molar-refractivity contribution in [2.75, 3.05) is 7.11 Å². The highest BCUT2D eigenvalue weighted by Crippen LogP contribution is 2.55. The van der Waals surface area contributed by atoms with Crippen molar-refractivity contribution < 1.29 is 19.1 Å². The molecule has 4 atom stereocenters. The second-order valence-corrected chi connectivity index (χ2v) is 5.77. The van der Waals surface area contributed by atoms with Gasteiger partial charge in [0.1, 0.15) is 5.60 Å². The Balaban J connectivity index is 2.48. The molecule has 1 heterocycles. The van der Waals surface area contributed by atoms with Crippen LogP contribution in [-0.4, -0.2) is 29.5 Å². The molecule has 0 aromatic carbocycles. The minimum Gasteiger partial charge on any atom is -0.468 e. The van der Waals surface area contributed by atoms with Crippen LogP contribution in [0, 0.1) is 11.8 Å². The van der Waals surface area contributed by atoms with Crippen LogP contribution in [0.25, 0.3) is 0 Å². The topological polar surface area (TPSA) is 52.6 Å². The van der Waals surface area contributed by atoms with E-state index in [0.717, 1.165) is 5.57 Å². The van der Waals surface area contributed by atoms with Crippen molar-refractivity contribution in [2.24, 2.45) is 11.8 Å². The fourth-order valence-corrected chi connectivity index (χ4v) is 3.35. The number of alkyl halides is 1. The summed E-state index contributed by atoms with van der Waals surface area (Å²) in [4.78, 5) is 22.7. The van der Waals surface area contributed by atoms with Crippen LogP contribution in [0.5, 0.6) is 0 Å². The largest absolute Gasteiger partial charge is 0.468 e. The summed E-state index contributed by atoms with van der Waals surface area (Å²) >= 11 is 6.46. The number of fused-ring (bicyclic) bond motifs is 1. The van der Waals surface area contributed by atoms with Gasteiger partial charge in [-0.15, -0.1) is 11.6 Å². The summed E-state index contributed by atoms with van der Waals surface area (Å²) < 4.78 is 9.98. The first-order valence-electron chi connectivity index (χ1n) is 5.43. The number of hydrogen-bond acceptors (Lipinski definition) is 4. The SMILES string of the molecule is COC(=O)[C@H]1C(=O)O[C@@]2(C)C=C(C)[C@](C)(Cl)[C@@H]12. The molecule has 0 saturated carbocycles. The molecular formula is C12H15ClO4. The molecule has 17 heavy (non-hydrogen) atoms. The molecular weight excluding hydrogens is 244 g/mol. The number of hydrogen-bond donors (Lipinski definition) is 0. The predicted octanol–water partition coefficient (Wildman–Crippen LogP) is 1.66. The number of ether oxygens (including phenoxy) is 2. The van der Waals surface area contributed by atoms with Crippen LogP contribution in [0.3, 0.4) is 0 Å². The number of esters is 2. The summed E-state index contributed by atoms with van der Waals surface area (Å²) in [6, 6.07) is 0. The van der Waals surface area contributed by atoms with Gasteiger partial charge in [0, 0.05) is 5.92 Å². The molecule has 1 saturated heterocycles. The number of rotatable bonds is 1. The average Bonchev–Trinajstić information content (AvgIpc) is 2.56. The monoisotopic (exact) mass is 258 g/mol. The smallest absolute Gasteiger partial charge is 0.321 e. The second kappa shape index (κ2) is 3.48. The van der Waals surface area contributed by atoms with Gasteiger partial charge in [0.2, 0.25) is 0 Å². The summed E-state index contributed by atoms with van der Waals surface area (Å²) in [5.41, 5.74) is 0.101. The lowest BCUT2D eigenvalue weighted by atomic mass is 9.77. The Morgan fingerprint density at radius 2 is 2.12 bits per heavy atom. The molecule has 0 unspecified atom stereocenters. The molecule has 1 fully saturated rings. The molecule has 0 aromatic rings. The van der Waals surface area contributed by atoms with Crippen LogP contribution in [0.2, 0.25) is 0 Å². The van der Waals surface area contributed by atoms with Gasteiger partial charge in [0.25, 0.3) is 0 Å². The maximum atomic E-state index is 11.8. The van der Waals surface area contributed by atoms with E-state index in [-0.39, 0.29) is 0 Å². The number of halogens is 1. The maximum absolute atomic E-state index is 11.8. The fraction of sp³-hybridized carbons (Fsp3) is 0.667. The predicted molar refractivity (Wildman–Crippen MR) is 61.5 cm³/mol. The van der Waals surface area contributed by atoms with E-state index in [9.17, 15) is 9.59 Å². The van der Waals surface area contributed by atoms with Crippen LogP contribution < -0.4 is 0 Å². The molecule has 0 aromatic heterocycles. The quantitative estimate of drug-likeness (QED) is 0.311. The van der Waals surface area contributed by atoms with E-state index < -0.39 is 34.2 Å². The van der Waals surface area contributed by atoms with Gasteiger partial charge in [-0.05, 0) is 26.8 Å². The standard InChI is InChI=1S/C12H15ClO4/c1-6-5-11(2)8(12(6,3)13)7(9(14)16-4)10(15)17-11/h5,7-8H,1-4H3/t7-,8-,11-,12-/m0/s1. The minimum atomic E-state index is -0.943. The van der Waals surface area contributed by atoms with E-state index in [0.29, 0.717) is 0 Å². The van der Waals surface area contributed by atoms with Gasteiger partial charge in [0.05, 0.1) is 12.0 Å². The maximum Gasteiger partial charge on any atom is 0.321 e. The lowest BCUT2D eigenvalue weighted by molar-refractivity contribution is -0.156. The average molecular weight is 259 g/mol. The number of allylic oxidation sites excluding steroid dienone is 1. The Morgan fingerprint density at radius 3 is 2.65 bits per heavy atom. The van der Waals surface area contributed by atoms with E-state index in [1.165, 1.54) is 7.11 Å². The molecule has 0 N–H and O–H groups in total. The van der Waals surface area contributed by atoms with E-state index in [1.54, 1.807) is 13.8 Å². The molecule has 5 heteroatoms. The van der Waals surface area contributed by atoms with Gasteiger partial charge in [-0.3, -0.25) is 9.59 Å². The van der Waals surface area contributed by atoms with Gasteiger partial charge in [-0.1, -0.05) is 5.57 Å². The van der Waals surface area contributed by atoms with E-state index in [1.807, 2.05) is 13.0 Å². The van der Waals surface area contributed by atoms with Gasteiger partial charge in [0.15, 0.2) is 5.92 Å². The third kappa shape index (κ3) is 1.50. The molecule has 2 rings (SSSR count). The highest BCUT2D eigenvalue weighted by molar-refractivity contribution is 6.27. The van der Waals surface area contributed by atoms with Gasteiger partial charge in [-0.25, -0.2) is 0 Å². The van der Waals surface area contributed by atoms with Crippen molar-refractivity contribution in [3.05, 3.63) is 11.6 Å². The second-order valence-electron chi connectivity index (χ2n) is 4.99. The van der Waals surface area contributed by atoms with Crippen molar-refractivity contribution in [1.82, 2.24) is 0 Å². The van der Waals surface area contributed by atoms with Gasteiger partial charge in [-0.2, -0.15) is 0 Å². The first-order chi connectivity index (χ1) is 7.74. The Morgan fingerprint density at radius 1 is 1.53 bits per heavy atom. The fourth-order valence-electron chi connectivity index (χ4n) is 2.96. The minimum absolute atomic E-state index is 0.420. The lowest BCUT2D eigenvalue weighted by Crippen LogP contribution is -2.42. The summed E-state index contributed by atoms with van der Waals surface area (Å²) in [5.74, 6) is -2.50. The molecule has 1 aliphatic carbocycles. The van der Waals surface area contributed by atoms with E-state index >= 15 is 0 Å². The number of carbonyl (C=O) groups excluding carboxylic acids is 2. The molecule has 1 aliphatic heterocycles. The van der Waals surface area contributed by atoms with Crippen molar-refractivity contribution in [3.63, 3.8) is 0 Å². The van der Waals surface area contributed by atoms with Crippen LogP contribution in [0.15, 0.2) is 11.6 Å². The van der Waals surface area contributed by atoms with Crippen LogP contribution in [0.1, 0.15) is 20.8 Å². The molecule has 0 spiro atoms. The summed E-state index contributed by atoms with van der Waals surface area (Å²) in [6.45, 7) is 5.45. The normalized spacial score (nSPS) is 44.1. The zero-order valence-corrected chi connectivity index (χ0v) is 11.0. The van der Waals surface area contributed by atoms with Crippen LogP contribution in [0.4, 0.5) is 0 Å². The Kier molecular flexibility index (Phi) is 2.54. The number of carbonyl (C=O) groups is 2. The molecule has 0 bridgehead atoms. The highest BCUT2D eigenvalue weighted by Gasteiger charge is 2.65. The van der Waals surface area contributed by atoms with Crippen LogP contribution in [-0.2, 0) is 19.1 Å². The lowest BCUT2D eigenvalue weighted by Gasteiger charge is -2.31. The van der Waals surface area contributed by atoms with Gasteiger partial charge >= 0.3 is 11.9 Å². The van der Waals surface area contributed by atoms with E-state index in [2.05, 4.69) is 4.74 Å². The molecule has 94 valence electrons. The third-order valence-corrected chi connectivity index (χ3v) is 4.37. The molecule has 4 nitrogen and oxygen atoms in total. The van der Waals surface area contributed by atoms with Crippen molar-refractivity contribution in [1.29, 1.82) is 0 Å². The van der Waals surface area contributed by atoms with Crippen molar-refractivity contribution in [2.45, 2.75) is 31.2 Å². The first kappa shape index (κ1) is 12.4. The van der Waals surface area contributed by atoms with Crippen molar-refractivity contribution in [3.8, 4) is 0 Å². The Bertz CT molecular complexity index is 426. The zero-order valence-electron chi connectivity index (χ0n) is 10.2. The van der Waals surface area contributed by atoms with Crippen molar-refractivity contribution >= 4 is 23.5 Å². The summed E-state index contributed by atoms with van der Waals surface area (Å²) in [5, 5.41) is 0. The summed E-state index contributed by atoms with van der Waals surface area (Å²) in [7, 11) is 1.26. The Labute approximate surface area is 105 Å². The highest BCUT2D eigenvalue weighted by atomic mass is 35.5. The molecule has 2 aliphatic rings. The molecule has 0 radical (unpaired) electrons. The third-order valence-electron chi connectivity index (χ3n) is 3.84.